The SMILES string of the molecule is CC(C)CNCC1CCCN1c1nc2ccccc2s1. The maximum Gasteiger partial charge on any atom is 0.186 e. The lowest BCUT2D eigenvalue weighted by molar-refractivity contribution is 0.512. The summed E-state index contributed by atoms with van der Waals surface area (Å²) < 4.78 is 1.29. The molecule has 0 spiro atoms. The van der Waals surface area contributed by atoms with E-state index in [0.717, 1.165) is 25.2 Å². The Bertz CT molecular complexity index is 531. The van der Waals surface area contributed by atoms with Crippen LogP contribution >= 0.6 is 11.3 Å². The van der Waals surface area contributed by atoms with E-state index in [1.807, 2.05) is 11.3 Å². The Labute approximate surface area is 125 Å². The predicted molar refractivity (Wildman–Crippen MR) is 87.7 cm³/mol. The number of anilines is 1. The van der Waals surface area contributed by atoms with Crippen LogP contribution in [0.15, 0.2) is 24.3 Å². The lowest BCUT2D eigenvalue weighted by atomic mass is 10.2. The maximum absolute atomic E-state index is 4.80. The summed E-state index contributed by atoms with van der Waals surface area (Å²) in [7, 11) is 0. The van der Waals surface area contributed by atoms with E-state index in [1.54, 1.807) is 0 Å². The largest absolute Gasteiger partial charge is 0.344 e. The standard InChI is InChI=1S/C16H23N3S/c1-12(2)10-17-11-13-6-5-9-19(13)16-18-14-7-3-4-8-15(14)20-16/h3-4,7-8,12-13,17H,5-6,9-11H2,1-2H3. The number of thiazole rings is 1. The fraction of sp³-hybridized carbons (Fsp3) is 0.562. The van der Waals surface area contributed by atoms with Crippen molar-refractivity contribution in [3.05, 3.63) is 24.3 Å². The molecule has 0 amide bonds. The Balaban J connectivity index is 1.71. The molecule has 108 valence electrons. The molecule has 1 saturated heterocycles. The average molecular weight is 289 g/mol. The zero-order valence-electron chi connectivity index (χ0n) is 12.3. The molecule has 3 rings (SSSR count). The van der Waals surface area contributed by atoms with Gasteiger partial charge in [-0.15, -0.1) is 0 Å². The molecular formula is C16H23N3S. The van der Waals surface area contributed by atoms with Crippen LogP contribution in [-0.4, -0.2) is 30.7 Å². The molecule has 2 heterocycles. The molecule has 1 atom stereocenters. The second-order valence-electron chi connectivity index (χ2n) is 6.01. The molecule has 0 radical (unpaired) electrons. The summed E-state index contributed by atoms with van der Waals surface area (Å²) in [5, 5.41) is 4.79. The first-order valence-corrected chi connectivity index (χ1v) is 8.38. The van der Waals surface area contributed by atoms with Gasteiger partial charge in [-0.2, -0.15) is 0 Å². The van der Waals surface area contributed by atoms with Crippen molar-refractivity contribution in [2.75, 3.05) is 24.5 Å². The first-order chi connectivity index (χ1) is 9.74. The van der Waals surface area contributed by atoms with E-state index in [2.05, 4.69) is 48.3 Å². The third-order valence-electron chi connectivity index (χ3n) is 3.84. The monoisotopic (exact) mass is 289 g/mol. The van der Waals surface area contributed by atoms with Crippen molar-refractivity contribution in [3.63, 3.8) is 0 Å². The van der Waals surface area contributed by atoms with Gasteiger partial charge >= 0.3 is 0 Å². The van der Waals surface area contributed by atoms with Crippen LogP contribution in [0.2, 0.25) is 0 Å². The van der Waals surface area contributed by atoms with Crippen molar-refractivity contribution in [1.29, 1.82) is 0 Å². The van der Waals surface area contributed by atoms with Crippen molar-refractivity contribution < 1.29 is 0 Å². The van der Waals surface area contributed by atoms with Crippen LogP contribution in [0.3, 0.4) is 0 Å². The van der Waals surface area contributed by atoms with Crippen LogP contribution in [-0.2, 0) is 0 Å². The highest BCUT2D eigenvalue weighted by Gasteiger charge is 2.26. The molecule has 3 nitrogen and oxygen atoms in total. The molecule has 1 aliphatic rings. The van der Waals surface area contributed by atoms with Gasteiger partial charge in [-0.1, -0.05) is 37.3 Å². The maximum atomic E-state index is 4.80. The molecule has 1 aromatic carbocycles. The zero-order valence-corrected chi connectivity index (χ0v) is 13.1. The minimum Gasteiger partial charge on any atom is -0.344 e. The minimum absolute atomic E-state index is 0.606. The Morgan fingerprint density at radius 1 is 1.40 bits per heavy atom. The molecule has 0 saturated carbocycles. The topological polar surface area (TPSA) is 28.2 Å². The molecule has 1 aliphatic heterocycles. The van der Waals surface area contributed by atoms with E-state index in [9.17, 15) is 0 Å². The third kappa shape index (κ3) is 2.96. The smallest absolute Gasteiger partial charge is 0.186 e. The summed E-state index contributed by atoms with van der Waals surface area (Å²) in [4.78, 5) is 7.30. The molecule has 1 N–H and O–H groups in total. The predicted octanol–water partition coefficient (Wildman–Crippen LogP) is 3.51. The van der Waals surface area contributed by atoms with Crippen molar-refractivity contribution in [1.82, 2.24) is 10.3 Å². The van der Waals surface area contributed by atoms with Gasteiger partial charge in [-0.3, -0.25) is 0 Å². The van der Waals surface area contributed by atoms with Gasteiger partial charge < -0.3 is 10.2 Å². The summed E-state index contributed by atoms with van der Waals surface area (Å²) in [5.74, 6) is 0.715. The fourth-order valence-corrected chi connectivity index (χ4v) is 3.88. The first-order valence-electron chi connectivity index (χ1n) is 7.57. The Morgan fingerprint density at radius 2 is 2.25 bits per heavy atom. The molecular weight excluding hydrogens is 266 g/mol. The van der Waals surface area contributed by atoms with E-state index in [-0.39, 0.29) is 0 Å². The highest BCUT2D eigenvalue weighted by molar-refractivity contribution is 7.22. The van der Waals surface area contributed by atoms with Crippen molar-refractivity contribution >= 4 is 26.7 Å². The lowest BCUT2D eigenvalue weighted by Gasteiger charge is -2.24. The van der Waals surface area contributed by atoms with Crippen LogP contribution in [0.1, 0.15) is 26.7 Å². The highest BCUT2D eigenvalue weighted by atomic mass is 32.1. The Hall–Kier alpha value is -1.13. The molecule has 1 fully saturated rings. The van der Waals surface area contributed by atoms with Gasteiger partial charge in [-0.05, 0) is 37.4 Å². The summed E-state index contributed by atoms with van der Waals surface area (Å²) in [6, 6.07) is 9.04. The first kappa shape index (κ1) is 13.8. The van der Waals surface area contributed by atoms with Gasteiger partial charge in [0.2, 0.25) is 0 Å². The summed E-state index contributed by atoms with van der Waals surface area (Å²) in [5.41, 5.74) is 1.13. The number of nitrogens with one attached hydrogen (secondary N) is 1. The van der Waals surface area contributed by atoms with Crippen LogP contribution in [0.25, 0.3) is 10.2 Å². The quantitative estimate of drug-likeness (QED) is 0.913. The molecule has 4 heteroatoms. The Kier molecular flexibility index (Phi) is 4.22. The number of fused-ring (bicyclic) bond motifs is 1. The zero-order chi connectivity index (χ0) is 13.9. The van der Waals surface area contributed by atoms with Crippen LogP contribution in [0.5, 0.6) is 0 Å². The van der Waals surface area contributed by atoms with E-state index < -0.39 is 0 Å². The number of rotatable bonds is 5. The van der Waals surface area contributed by atoms with Crippen molar-refractivity contribution in [2.24, 2.45) is 5.92 Å². The normalized spacial score (nSPS) is 19.4. The average Bonchev–Trinajstić information content (AvgIpc) is 3.03. The number of nitrogens with zero attached hydrogens (tertiary/aromatic N) is 2. The molecule has 1 aromatic heterocycles. The number of hydrogen-bond donors (Lipinski definition) is 1. The second-order valence-corrected chi connectivity index (χ2v) is 7.01. The highest BCUT2D eigenvalue weighted by Crippen LogP contribution is 2.32. The summed E-state index contributed by atoms with van der Waals surface area (Å²) in [6.45, 7) is 7.84. The number of aromatic nitrogens is 1. The minimum atomic E-state index is 0.606. The van der Waals surface area contributed by atoms with Gasteiger partial charge in [0, 0.05) is 19.1 Å². The van der Waals surface area contributed by atoms with E-state index in [1.165, 1.54) is 22.7 Å². The summed E-state index contributed by atoms with van der Waals surface area (Å²) in [6.07, 6.45) is 2.56. The summed E-state index contributed by atoms with van der Waals surface area (Å²) >= 11 is 1.83. The second kappa shape index (κ2) is 6.10. The van der Waals surface area contributed by atoms with Crippen LogP contribution in [0.4, 0.5) is 5.13 Å². The third-order valence-corrected chi connectivity index (χ3v) is 4.91. The van der Waals surface area contributed by atoms with Gasteiger partial charge in [-0.25, -0.2) is 4.98 Å². The molecule has 20 heavy (non-hydrogen) atoms. The van der Waals surface area contributed by atoms with Gasteiger partial charge in [0.15, 0.2) is 5.13 Å². The Morgan fingerprint density at radius 3 is 3.05 bits per heavy atom. The van der Waals surface area contributed by atoms with Crippen LogP contribution in [0, 0.1) is 5.92 Å². The molecule has 0 bridgehead atoms. The number of hydrogen-bond acceptors (Lipinski definition) is 4. The van der Waals surface area contributed by atoms with E-state index >= 15 is 0 Å². The molecule has 1 unspecified atom stereocenters. The van der Waals surface area contributed by atoms with Crippen molar-refractivity contribution in [2.45, 2.75) is 32.7 Å². The van der Waals surface area contributed by atoms with E-state index in [4.69, 9.17) is 4.98 Å². The number of para-hydroxylation sites is 1. The number of benzene rings is 1. The van der Waals surface area contributed by atoms with Crippen molar-refractivity contribution in [3.8, 4) is 0 Å². The van der Waals surface area contributed by atoms with E-state index in [0.29, 0.717) is 12.0 Å². The van der Waals surface area contributed by atoms with Gasteiger partial charge in [0.05, 0.1) is 10.2 Å². The lowest BCUT2D eigenvalue weighted by Crippen LogP contribution is -2.39. The fourth-order valence-electron chi connectivity index (χ4n) is 2.82. The molecule has 0 aliphatic carbocycles. The molecule has 2 aromatic rings. The van der Waals surface area contributed by atoms with Gasteiger partial charge in [0.25, 0.3) is 0 Å². The van der Waals surface area contributed by atoms with Gasteiger partial charge in [0.1, 0.15) is 0 Å². The van der Waals surface area contributed by atoms with Crippen LogP contribution < -0.4 is 10.2 Å².